The number of ether oxygens (including phenoxy) is 1. The number of hydrogen-bond acceptors (Lipinski definition) is 4. The Balaban J connectivity index is 2.63. The average Bonchev–Trinajstić information content (AvgIpc) is 2.33. The summed E-state index contributed by atoms with van der Waals surface area (Å²) in [5.74, 6) is 0.667. The van der Waals surface area contributed by atoms with Gasteiger partial charge in [0.2, 0.25) is 0 Å². The maximum absolute atomic E-state index is 5.94. The molecule has 0 saturated carbocycles. The van der Waals surface area contributed by atoms with E-state index in [4.69, 9.17) is 16.3 Å². The normalized spacial score (nSPS) is 10.2. The van der Waals surface area contributed by atoms with Crippen LogP contribution in [-0.4, -0.2) is 22.1 Å². The van der Waals surface area contributed by atoms with E-state index in [9.17, 15) is 0 Å². The fraction of sp³-hybridized carbons (Fsp3) is 0.182. The number of aromatic nitrogens is 3. The highest BCUT2D eigenvalue weighted by molar-refractivity contribution is 6.30. The van der Waals surface area contributed by atoms with Crippen molar-refractivity contribution in [1.82, 2.24) is 15.0 Å². The molecule has 0 N–H and O–H groups in total. The van der Waals surface area contributed by atoms with Gasteiger partial charge in [-0.2, -0.15) is 0 Å². The zero-order valence-electron chi connectivity index (χ0n) is 8.94. The summed E-state index contributed by atoms with van der Waals surface area (Å²) >= 11 is 5.94. The van der Waals surface area contributed by atoms with E-state index in [1.54, 1.807) is 19.4 Å². The topological polar surface area (TPSA) is 47.9 Å². The molecular formula is C11H10ClN3O. The third-order valence-electron chi connectivity index (χ3n) is 2.24. The molecule has 0 saturated heterocycles. The van der Waals surface area contributed by atoms with Crippen LogP contribution in [0.2, 0.25) is 5.15 Å². The first kappa shape index (κ1) is 10.8. The molecule has 2 rings (SSSR count). The molecule has 0 fully saturated rings. The largest absolute Gasteiger partial charge is 0.494 e. The predicted octanol–water partition coefficient (Wildman–Crippen LogP) is 2.51. The highest BCUT2D eigenvalue weighted by Crippen LogP contribution is 2.29. The first-order valence-electron chi connectivity index (χ1n) is 4.70. The van der Waals surface area contributed by atoms with Crippen LogP contribution in [-0.2, 0) is 0 Å². The van der Waals surface area contributed by atoms with Gasteiger partial charge >= 0.3 is 0 Å². The summed E-state index contributed by atoms with van der Waals surface area (Å²) < 4.78 is 5.23. The SMILES string of the molecule is COc1cccnc1-c1ncnc(Cl)c1C. The molecule has 4 nitrogen and oxygen atoms in total. The molecule has 0 aliphatic heterocycles. The van der Waals surface area contributed by atoms with E-state index in [0.717, 1.165) is 5.56 Å². The van der Waals surface area contributed by atoms with Gasteiger partial charge in [0, 0.05) is 11.8 Å². The summed E-state index contributed by atoms with van der Waals surface area (Å²) in [6, 6.07) is 3.64. The molecule has 5 heteroatoms. The quantitative estimate of drug-likeness (QED) is 0.751. The lowest BCUT2D eigenvalue weighted by atomic mass is 10.1. The number of pyridine rings is 1. The average molecular weight is 236 g/mol. The lowest BCUT2D eigenvalue weighted by Gasteiger charge is -2.08. The van der Waals surface area contributed by atoms with Crippen LogP contribution >= 0.6 is 11.6 Å². The summed E-state index contributed by atoms with van der Waals surface area (Å²) in [4.78, 5) is 12.3. The Bertz CT molecular complexity index is 516. The van der Waals surface area contributed by atoms with Gasteiger partial charge in [-0.3, -0.25) is 4.98 Å². The Morgan fingerprint density at radius 2 is 2.00 bits per heavy atom. The Morgan fingerprint density at radius 1 is 1.19 bits per heavy atom. The van der Waals surface area contributed by atoms with Gasteiger partial charge in [-0.05, 0) is 19.1 Å². The number of methoxy groups -OCH3 is 1. The maximum Gasteiger partial charge on any atom is 0.146 e. The van der Waals surface area contributed by atoms with Crippen LogP contribution in [0, 0.1) is 6.92 Å². The molecule has 0 unspecified atom stereocenters. The predicted molar refractivity (Wildman–Crippen MR) is 61.6 cm³/mol. The Kier molecular flexibility index (Phi) is 3.01. The minimum Gasteiger partial charge on any atom is -0.494 e. The summed E-state index contributed by atoms with van der Waals surface area (Å²) in [6.45, 7) is 1.85. The maximum atomic E-state index is 5.94. The summed E-state index contributed by atoms with van der Waals surface area (Å²) in [7, 11) is 1.60. The van der Waals surface area contributed by atoms with Crippen molar-refractivity contribution in [2.75, 3.05) is 7.11 Å². The fourth-order valence-corrected chi connectivity index (χ4v) is 1.53. The van der Waals surface area contributed by atoms with Crippen molar-refractivity contribution in [2.45, 2.75) is 6.92 Å². The molecule has 2 aromatic rings. The summed E-state index contributed by atoms with van der Waals surface area (Å²) in [5, 5.41) is 0.428. The van der Waals surface area contributed by atoms with Gasteiger partial charge in [-0.25, -0.2) is 9.97 Å². The lowest BCUT2D eigenvalue weighted by Crippen LogP contribution is -1.96. The standard InChI is InChI=1S/C11H10ClN3O/c1-7-9(14-6-15-11(7)12)10-8(16-2)4-3-5-13-10/h3-6H,1-2H3. The smallest absolute Gasteiger partial charge is 0.146 e. The van der Waals surface area contributed by atoms with Crippen LogP contribution < -0.4 is 4.74 Å². The Labute approximate surface area is 98.3 Å². The third-order valence-corrected chi connectivity index (χ3v) is 2.62. The van der Waals surface area contributed by atoms with Crippen LogP contribution in [0.4, 0.5) is 0 Å². The van der Waals surface area contributed by atoms with E-state index in [2.05, 4.69) is 15.0 Å². The van der Waals surface area contributed by atoms with Gasteiger partial charge in [-0.1, -0.05) is 11.6 Å². The minimum absolute atomic E-state index is 0.428. The van der Waals surface area contributed by atoms with Crippen LogP contribution in [0.3, 0.4) is 0 Å². The zero-order chi connectivity index (χ0) is 11.5. The summed E-state index contributed by atoms with van der Waals surface area (Å²) in [6.07, 6.45) is 3.10. The van der Waals surface area contributed by atoms with Crippen LogP contribution in [0.15, 0.2) is 24.7 Å². The van der Waals surface area contributed by atoms with E-state index in [-0.39, 0.29) is 0 Å². The highest BCUT2D eigenvalue weighted by atomic mass is 35.5. The molecule has 2 aromatic heterocycles. The molecular weight excluding hydrogens is 226 g/mol. The molecule has 0 amide bonds. The second-order valence-corrected chi connectivity index (χ2v) is 3.55. The van der Waals surface area contributed by atoms with Gasteiger partial charge in [0.05, 0.1) is 7.11 Å². The summed E-state index contributed by atoms with van der Waals surface area (Å²) in [5.41, 5.74) is 2.16. The number of halogens is 1. The number of rotatable bonds is 2. The fourth-order valence-electron chi connectivity index (χ4n) is 1.40. The molecule has 82 valence electrons. The lowest BCUT2D eigenvalue weighted by molar-refractivity contribution is 0.414. The van der Waals surface area contributed by atoms with Crippen molar-refractivity contribution >= 4 is 11.6 Å². The van der Waals surface area contributed by atoms with Gasteiger partial charge in [0.1, 0.15) is 28.6 Å². The molecule has 16 heavy (non-hydrogen) atoms. The zero-order valence-corrected chi connectivity index (χ0v) is 9.69. The molecule has 0 aliphatic carbocycles. The molecule has 0 aliphatic rings. The van der Waals surface area contributed by atoms with E-state index < -0.39 is 0 Å². The van der Waals surface area contributed by atoms with E-state index in [0.29, 0.717) is 22.3 Å². The molecule has 0 atom stereocenters. The van der Waals surface area contributed by atoms with Gasteiger partial charge < -0.3 is 4.74 Å². The Hall–Kier alpha value is -1.68. The first-order chi connectivity index (χ1) is 7.74. The van der Waals surface area contributed by atoms with Crippen LogP contribution in [0.25, 0.3) is 11.4 Å². The second kappa shape index (κ2) is 4.45. The van der Waals surface area contributed by atoms with E-state index >= 15 is 0 Å². The molecule has 0 spiro atoms. The molecule has 2 heterocycles. The molecule has 0 bridgehead atoms. The second-order valence-electron chi connectivity index (χ2n) is 3.19. The third kappa shape index (κ3) is 1.84. The molecule has 0 aromatic carbocycles. The van der Waals surface area contributed by atoms with Crippen molar-refractivity contribution in [2.24, 2.45) is 0 Å². The van der Waals surface area contributed by atoms with Crippen molar-refractivity contribution in [1.29, 1.82) is 0 Å². The van der Waals surface area contributed by atoms with Crippen molar-refractivity contribution < 1.29 is 4.74 Å². The minimum atomic E-state index is 0.428. The van der Waals surface area contributed by atoms with Crippen LogP contribution in [0.1, 0.15) is 5.56 Å². The Morgan fingerprint density at radius 3 is 2.75 bits per heavy atom. The molecule has 0 radical (unpaired) electrons. The highest BCUT2D eigenvalue weighted by Gasteiger charge is 2.12. The monoisotopic (exact) mass is 235 g/mol. The first-order valence-corrected chi connectivity index (χ1v) is 5.08. The number of hydrogen-bond donors (Lipinski definition) is 0. The van der Waals surface area contributed by atoms with Crippen molar-refractivity contribution in [3.05, 3.63) is 35.4 Å². The number of nitrogens with zero attached hydrogens (tertiary/aromatic N) is 3. The van der Waals surface area contributed by atoms with Gasteiger partial charge in [0.25, 0.3) is 0 Å². The van der Waals surface area contributed by atoms with Gasteiger partial charge in [0.15, 0.2) is 0 Å². The van der Waals surface area contributed by atoms with E-state index in [1.165, 1.54) is 6.33 Å². The van der Waals surface area contributed by atoms with Crippen LogP contribution in [0.5, 0.6) is 5.75 Å². The van der Waals surface area contributed by atoms with Crippen molar-refractivity contribution in [3.63, 3.8) is 0 Å². The van der Waals surface area contributed by atoms with E-state index in [1.807, 2.05) is 13.0 Å². The van der Waals surface area contributed by atoms with Gasteiger partial charge in [-0.15, -0.1) is 0 Å². The van der Waals surface area contributed by atoms with Crippen molar-refractivity contribution in [3.8, 4) is 17.1 Å².